The number of benzene rings is 1. The molecule has 8 nitrogen and oxygen atoms in total. The highest BCUT2D eigenvalue weighted by molar-refractivity contribution is 5.93. The number of aromatic amines is 1. The number of halogens is 3. The average Bonchev–Trinajstić information content (AvgIpc) is 3.29. The first-order chi connectivity index (χ1) is 15.3. The van der Waals surface area contributed by atoms with Gasteiger partial charge in [-0.15, -0.1) is 0 Å². The highest BCUT2D eigenvalue weighted by atomic mass is 19.4. The molecule has 3 aromatic rings. The third-order valence-corrected chi connectivity index (χ3v) is 5.04. The topological polar surface area (TPSA) is 93.2 Å². The lowest BCUT2D eigenvalue weighted by atomic mass is 10.1. The Morgan fingerprint density at radius 2 is 2.09 bits per heavy atom. The highest BCUT2D eigenvalue weighted by Gasteiger charge is 2.34. The number of amides is 1. The summed E-state index contributed by atoms with van der Waals surface area (Å²) in [6.07, 6.45) is -2.90. The molecule has 0 saturated carbocycles. The zero-order valence-electron chi connectivity index (χ0n) is 17.1. The number of nitrogens with one attached hydrogen (secondary N) is 1. The number of methoxy groups -OCH3 is 1. The first-order valence-corrected chi connectivity index (χ1v) is 9.89. The summed E-state index contributed by atoms with van der Waals surface area (Å²) in [5.74, 6) is 0.399. The summed E-state index contributed by atoms with van der Waals surface area (Å²) in [5.41, 5.74) is 0.614. The van der Waals surface area contributed by atoms with Crippen LogP contribution in [0.2, 0.25) is 0 Å². The largest absolute Gasteiger partial charge is 0.497 e. The lowest BCUT2D eigenvalue weighted by Gasteiger charge is -2.32. The quantitative estimate of drug-likeness (QED) is 0.643. The van der Waals surface area contributed by atoms with Crippen LogP contribution in [-0.2, 0) is 6.18 Å². The normalized spacial score (nSPS) is 16.6. The Morgan fingerprint density at radius 1 is 1.25 bits per heavy atom. The smallest absolute Gasteiger partial charge is 0.433 e. The van der Waals surface area contributed by atoms with Crippen LogP contribution >= 0.6 is 0 Å². The first kappa shape index (κ1) is 21.6. The molecule has 1 aliphatic rings. The van der Waals surface area contributed by atoms with Gasteiger partial charge in [-0.2, -0.15) is 23.3 Å². The molecule has 0 aliphatic carbocycles. The lowest BCUT2D eigenvalue weighted by Crippen LogP contribution is -2.44. The van der Waals surface area contributed by atoms with Gasteiger partial charge in [-0.25, -0.2) is 4.98 Å². The number of carbonyl (C=O) groups is 1. The van der Waals surface area contributed by atoms with Gasteiger partial charge in [0.05, 0.1) is 19.3 Å². The zero-order chi connectivity index (χ0) is 22.7. The van der Waals surface area contributed by atoms with Crippen LogP contribution in [0.3, 0.4) is 0 Å². The molecule has 3 heterocycles. The monoisotopic (exact) mass is 447 g/mol. The second kappa shape index (κ2) is 8.85. The van der Waals surface area contributed by atoms with Crippen molar-refractivity contribution in [3.05, 3.63) is 54.0 Å². The number of carbonyl (C=O) groups excluding carboxylic acids is 1. The van der Waals surface area contributed by atoms with Crippen molar-refractivity contribution in [2.75, 3.05) is 20.2 Å². The van der Waals surface area contributed by atoms with Crippen LogP contribution in [0.1, 0.15) is 29.0 Å². The van der Waals surface area contributed by atoms with E-state index < -0.39 is 18.0 Å². The molecule has 1 atom stereocenters. The van der Waals surface area contributed by atoms with Crippen molar-refractivity contribution in [1.29, 1.82) is 0 Å². The lowest BCUT2D eigenvalue weighted by molar-refractivity contribution is -0.141. The van der Waals surface area contributed by atoms with Crippen molar-refractivity contribution in [3.8, 4) is 23.0 Å². The Bertz CT molecular complexity index is 1100. The number of ether oxygens (including phenoxy) is 2. The Kier molecular flexibility index (Phi) is 5.97. The molecule has 1 amide bonds. The van der Waals surface area contributed by atoms with E-state index in [1.807, 2.05) is 24.3 Å². The summed E-state index contributed by atoms with van der Waals surface area (Å²) in [6, 6.07) is 9.37. The fourth-order valence-corrected chi connectivity index (χ4v) is 3.46. The minimum atomic E-state index is -4.59. The molecule has 0 spiro atoms. The summed E-state index contributed by atoms with van der Waals surface area (Å²) in [5, 5.41) is 6.97. The van der Waals surface area contributed by atoms with Gasteiger partial charge in [0.15, 0.2) is 5.69 Å². The molecule has 2 aromatic heterocycles. The van der Waals surface area contributed by atoms with E-state index in [0.717, 1.165) is 17.8 Å². The number of hydrogen-bond donors (Lipinski definition) is 1. The SMILES string of the molecule is COc1cccc(-c2cc(C(=O)N3CCCC(Oc4nccc(C(F)(F)F)n4)C3)[nH]n2)c1. The summed E-state index contributed by atoms with van der Waals surface area (Å²) in [6.45, 7) is 0.696. The number of rotatable bonds is 5. The molecule has 168 valence electrons. The van der Waals surface area contributed by atoms with Crippen LogP contribution in [0.5, 0.6) is 11.8 Å². The third kappa shape index (κ3) is 4.82. The molecule has 4 rings (SSSR count). The Hall–Kier alpha value is -3.63. The van der Waals surface area contributed by atoms with E-state index in [1.54, 1.807) is 18.1 Å². The van der Waals surface area contributed by atoms with Gasteiger partial charge >= 0.3 is 12.2 Å². The predicted molar refractivity (Wildman–Crippen MR) is 107 cm³/mol. The molecule has 1 unspecified atom stereocenters. The minimum Gasteiger partial charge on any atom is -0.497 e. The van der Waals surface area contributed by atoms with E-state index in [1.165, 1.54) is 0 Å². The standard InChI is InChI=1S/C21H20F3N5O3/c1-31-14-5-2-4-13(10-14)16-11-17(28-27-16)19(30)29-9-3-6-15(12-29)32-20-25-8-7-18(26-20)21(22,23)24/h2,4-5,7-8,10-11,15H,3,6,9,12H2,1H3,(H,27,28). The van der Waals surface area contributed by atoms with E-state index in [0.29, 0.717) is 36.5 Å². The predicted octanol–water partition coefficient (Wildman–Crippen LogP) is 3.58. The van der Waals surface area contributed by atoms with Crippen molar-refractivity contribution in [2.24, 2.45) is 0 Å². The van der Waals surface area contributed by atoms with Crippen molar-refractivity contribution in [3.63, 3.8) is 0 Å². The molecule has 1 aliphatic heterocycles. The van der Waals surface area contributed by atoms with E-state index >= 15 is 0 Å². The molecule has 1 aromatic carbocycles. The number of piperidine rings is 1. The van der Waals surface area contributed by atoms with Crippen molar-refractivity contribution >= 4 is 5.91 Å². The Labute approximate surface area is 181 Å². The molecule has 1 saturated heterocycles. The molecule has 0 bridgehead atoms. The minimum absolute atomic E-state index is 0.200. The molecule has 32 heavy (non-hydrogen) atoms. The second-order valence-electron chi connectivity index (χ2n) is 7.25. The fraction of sp³-hybridized carbons (Fsp3) is 0.333. The molecule has 11 heteroatoms. The van der Waals surface area contributed by atoms with Gasteiger partial charge in [0.1, 0.15) is 17.5 Å². The first-order valence-electron chi connectivity index (χ1n) is 9.89. The van der Waals surface area contributed by atoms with Gasteiger partial charge in [-0.05, 0) is 37.1 Å². The van der Waals surface area contributed by atoms with Gasteiger partial charge in [0, 0.05) is 18.3 Å². The molecular formula is C21H20F3N5O3. The van der Waals surface area contributed by atoms with Crippen LogP contribution in [-0.4, -0.2) is 57.3 Å². The van der Waals surface area contributed by atoms with Gasteiger partial charge in [-0.1, -0.05) is 12.1 Å². The maximum Gasteiger partial charge on any atom is 0.433 e. The maximum absolute atomic E-state index is 12.9. The average molecular weight is 447 g/mol. The summed E-state index contributed by atoms with van der Waals surface area (Å²) in [7, 11) is 1.57. The van der Waals surface area contributed by atoms with Gasteiger partial charge in [-0.3, -0.25) is 9.89 Å². The summed E-state index contributed by atoms with van der Waals surface area (Å²) in [4.78, 5) is 21.7. The third-order valence-electron chi connectivity index (χ3n) is 5.04. The number of alkyl halides is 3. The summed E-state index contributed by atoms with van der Waals surface area (Å²) < 4.78 is 49.3. The number of aromatic nitrogens is 4. The zero-order valence-corrected chi connectivity index (χ0v) is 17.1. The Morgan fingerprint density at radius 3 is 2.88 bits per heavy atom. The molecule has 1 N–H and O–H groups in total. The maximum atomic E-state index is 12.9. The molecule has 1 fully saturated rings. The number of H-pyrrole nitrogens is 1. The number of hydrogen-bond acceptors (Lipinski definition) is 6. The molecule has 0 radical (unpaired) electrons. The van der Waals surface area contributed by atoms with E-state index in [2.05, 4.69) is 20.2 Å². The second-order valence-corrected chi connectivity index (χ2v) is 7.25. The fourth-order valence-electron chi connectivity index (χ4n) is 3.46. The van der Waals surface area contributed by atoms with Crippen LogP contribution in [0.15, 0.2) is 42.6 Å². The van der Waals surface area contributed by atoms with E-state index in [4.69, 9.17) is 9.47 Å². The van der Waals surface area contributed by atoms with Gasteiger partial charge in [0.25, 0.3) is 5.91 Å². The summed E-state index contributed by atoms with van der Waals surface area (Å²) >= 11 is 0. The van der Waals surface area contributed by atoms with Crippen molar-refractivity contribution < 1.29 is 27.4 Å². The van der Waals surface area contributed by atoms with Crippen LogP contribution in [0, 0.1) is 0 Å². The molecular weight excluding hydrogens is 427 g/mol. The van der Waals surface area contributed by atoms with Crippen LogP contribution < -0.4 is 9.47 Å². The Balaban J connectivity index is 1.43. The van der Waals surface area contributed by atoms with E-state index in [-0.39, 0.29) is 18.5 Å². The van der Waals surface area contributed by atoms with E-state index in [9.17, 15) is 18.0 Å². The van der Waals surface area contributed by atoms with Crippen LogP contribution in [0.4, 0.5) is 13.2 Å². The number of nitrogens with zero attached hydrogens (tertiary/aromatic N) is 4. The van der Waals surface area contributed by atoms with Crippen molar-refractivity contribution in [1.82, 2.24) is 25.1 Å². The van der Waals surface area contributed by atoms with Crippen LogP contribution in [0.25, 0.3) is 11.3 Å². The highest BCUT2D eigenvalue weighted by Crippen LogP contribution is 2.28. The van der Waals surface area contributed by atoms with Gasteiger partial charge in [0.2, 0.25) is 0 Å². The van der Waals surface area contributed by atoms with Gasteiger partial charge < -0.3 is 14.4 Å². The number of likely N-dealkylation sites (tertiary alicyclic amines) is 1. The van der Waals surface area contributed by atoms with Crippen molar-refractivity contribution in [2.45, 2.75) is 25.1 Å².